The highest BCUT2D eigenvalue weighted by atomic mass is 35.5. The maximum Gasteiger partial charge on any atom is 0.272 e. The second-order valence-corrected chi connectivity index (χ2v) is 6.89. The summed E-state index contributed by atoms with van der Waals surface area (Å²) in [7, 11) is 0. The molecule has 0 bridgehead atoms. The Morgan fingerprint density at radius 3 is 2.81 bits per heavy atom. The minimum Gasteiger partial charge on any atom is -0.289 e. The summed E-state index contributed by atoms with van der Waals surface area (Å²) < 4.78 is 3.37. The number of aryl methyl sites for hydroxylation is 1. The monoisotopic (exact) mass is 367 g/mol. The van der Waals surface area contributed by atoms with E-state index in [1.165, 1.54) is 4.52 Å². The number of halogens is 1. The summed E-state index contributed by atoms with van der Waals surface area (Å²) in [5.41, 5.74) is 3.99. The van der Waals surface area contributed by atoms with E-state index in [1.54, 1.807) is 12.3 Å². The highest BCUT2D eigenvalue weighted by Gasteiger charge is 2.14. The van der Waals surface area contributed by atoms with Crippen molar-refractivity contribution in [3.05, 3.63) is 75.4 Å². The lowest BCUT2D eigenvalue weighted by atomic mass is 10.1. The van der Waals surface area contributed by atoms with Crippen molar-refractivity contribution in [2.24, 2.45) is 0 Å². The average molecular weight is 368 g/mol. The van der Waals surface area contributed by atoms with Crippen LogP contribution in [0.1, 0.15) is 24.2 Å². The molecule has 0 saturated carbocycles. The van der Waals surface area contributed by atoms with Crippen LogP contribution in [-0.2, 0) is 6.54 Å². The van der Waals surface area contributed by atoms with Crippen LogP contribution in [0.3, 0.4) is 0 Å². The van der Waals surface area contributed by atoms with Gasteiger partial charge in [0.1, 0.15) is 0 Å². The number of hydrogen-bond donors (Lipinski definition) is 1. The molecule has 0 spiro atoms. The predicted octanol–water partition coefficient (Wildman–Crippen LogP) is 3.65. The van der Waals surface area contributed by atoms with Gasteiger partial charge in [0, 0.05) is 47.1 Å². The third-order valence-corrected chi connectivity index (χ3v) is 4.72. The zero-order valence-corrected chi connectivity index (χ0v) is 15.2. The van der Waals surface area contributed by atoms with Crippen molar-refractivity contribution in [2.45, 2.75) is 26.3 Å². The highest BCUT2D eigenvalue weighted by Crippen LogP contribution is 2.23. The molecule has 1 unspecified atom stereocenters. The Kier molecular flexibility index (Phi) is 4.12. The van der Waals surface area contributed by atoms with Crippen LogP contribution in [-0.4, -0.2) is 24.4 Å². The molecule has 0 aliphatic heterocycles. The fourth-order valence-corrected chi connectivity index (χ4v) is 3.20. The van der Waals surface area contributed by atoms with E-state index in [9.17, 15) is 4.79 Å². The van der Waals surface area contributed by atoms with Gasteiger partial charge in [-0.15, -0.1) is 0 Å². The van der Waals surface area contributed by atoms with E-state index < -0.39 is 0 Å². The van der Waals surface area contributed by atoms with Gasteiger partial charge in [0.05, 0.1) is 11.4 Å². The molecule has 6 nitrogen and oxygen atoms in total. The summed E-state index contributed by atoms with van der Waals surface area (Å²) >= 11 is 6.07. The van der Waals surface area contributed by atoms with Gasteiger partial charge in [0.25, 0.3) is 5.56 Å². The minimum atomic E-state index is -0.137. The summed E-state index contributed by atoms with van der Waals surface area (Å²) in [6, 6.07) is 12.9. The fourth-order valence-electron chi connectivity index (χ4n) is 3.01. The van der Waals surface area contributed by atoms with E-state index >= 15 is 0 Å². The molecule has 132 valence electrons. The first-order chi connectivity index (χ1) is 12.5. The summed E-state index contributed by atoms with van der Waals surface area (Å²) in [5, 5.41) is 8.04. The van der Waals surface area contributed by atoms with E-state index in [2.05, 4.69) is 15.2 Å². The maximum absolute atomic E-state index is 12.5. The predicted molar refractivity (Wildman–Crippen MR) is 102 cm³/mol. The molecular weight excluding hydrogens is 350 g/mol. The number of aromatic amines is 1. The molecule has 4 aromatic rings. The summed E-state index contributed by atoms with van der Waals surface area (Å²) in [6.07, 6.45) is 1.77. The molecule has 0 aliphatic rings. The Bertz CT molecular complexity index is 1140. The number of H-pyrrole nitrogens is 1. The number of nitrogens with one attached hydrogen (secondary N) is 1. The largest absolute Gasteiger partial charge is 0.289 e. The number of benzene rings is 1. The minimum absolute atomic E-state index is 0.0656. The molecule has 1 aromatic carbocycles. The van der Waals surface area contributed by atoms with Gasteiger partial charge in [-0.2, -0.15) is 5.10 Å². The van der Waals surface area contributed by atoms with Gasteiger partial charge in [-0.05, 0) is 25.1 Å². The van der Waals surface area contributed by atoms with Gasteiger partial charge in [-0.25, -0.2) is 9.50 Å². The van der Waals surface area contributed by atoms with E-state index in [1.807, 2.05) is 54.9 Å². The molecule has 0 saturated heterocycles. The van der Waals surface area contributed by atoms with Gasteiger partial charge in [-0.1, -0.05) is 30.7 Å². The zero-order valence-electron chi connectivity index (χ0n) is 14.5. The van der Waals surface area contributed by atoms with E-state index in [4.69, 9.17) is 11.6 Å². The van der Waals surface area contributed by atoms with Gasteiger partial charge >= 0.3 is 0 Å². The summed E-state index contributed by atoms with van der Waals surface area (Å²) in [5.74, 6) is 0.0656. The molecule has 4 rings (SSSR count). The average Bonchev–Trinajstić information content (AvgIpc) is 3.22. The van der Waals surface area contributed by atoms with Crippen LogP contribution in [0.2, 0.25) is 5.02 Å². The van der Waals surface area contributed by atoms with Crippen molar-refractivity contribution < 1.29 is 0 Å². The number of aromatic nitrogens is 5. The smallest absolute Gasteiger partial charge is 0.272 e. The molecular formula is C19H18ClN5O. The molecule has 0 fully saturated rings. The lowest BCUT2D eigenvalue weighted by Gasteiger charge is -2.12. The standard InChI is InChI=1S/C19H18ClN5O/c1-12(11-24-13(2)6-7-21-24)16-10-19(26)25-18(22-16)9-17(23-25)14-4-3-5-15(20)8-14/h3-10,12,23H,11H2,1-2H3. The van der Waals surface area contributed by atoms with E-state index in [0.717, 1.165) is 22.6 Å². The second-order valence-electron chi connectivity index (χ2n) is 6.45. The van der Waals surface area contributed by atoms with Gasteiger partial charge in [0.2, 0.25) is 0 Å². The van der Waals surface area contributed by atoms with Crippen LogP contribution in [0.25, 0.3) is 16.9 Å². The van der Waals surface area contributed by atoms with Crippen LogP contribution in [0, 0.1) is 6.92 Å². The number of rotatable bonds is 4. The van der Waals surface area contributed by atoms with Crippen LogP contribution < -0.4 is 5.56 Å². The molecule has 3 heterocycles. The van der Waals surface area contributed by atoms with Crippen LogP contribution >= 0.6 is 11.6 Å². The number of nitrogens with zero attached hydrogens (tertiary/aromatic N) is 4. The molecule has 1 atom stereocenters. The molecule has 7 heteroatoms. The van der Waals surface area contributed by atoms with Crippen molar-refractivity contribution in [3.8, 4) is 11.3 Å². The van der Waals surface area contributed by atoms with Gasteiger partial charge < -0.3 is 0 Å². The third kappa shape index (κ3) is 3.04. The van der Waals surface area contributed by atoms with E-state index in [-0.39, 0.29) is 11.5 Å². The fraction of sp³-hybridized carbons (Fsp3) is 0.211. The Morgan fingerprint density at radius 2 is 2.08 bits per heavy atom. The normalized spacial score (nSPS) is 12.6. The zero-order chi connectivity index (χ0) is 18.3. The molecule has 0 aliphatic carbocycles. The van der Waals surface area contributed by atoms with Crippen molar-refractivity contribution in [3.63, 3.8) is 0 Å². The van der Waals surface area contributed by atoms with Crippen LogP contribution in [0.4, 0.5) is 0 Å². The van der Waals surface area contributed by atoms with Crippen LogP contribution in [0.15, 0.2) is 53.5 Å². The first-order valence-corrected chi connectivity index (χ1v) is 8.76. The lowest BCUT2D eigenvalue weighted by molar-refractivity contribution is 0.523. The van der Waals surface area contributed by atoms with Gasteiger partial charge in [0.15, 0.2) is 5.65 Å². The summed E-state index contributed by atoms with van der Waals surface area (Å²) in [6.45, 7) is 4.73. The number of hydrogen-bond acceptors (Lipinski definition) is 3. The third-order valence-electron chi connectivity index (χ3n) is 4.49. The van der Waals surface area contributed by atoms with Gasteiger partial charge in [-0.3, -0.25) is 14.6 Å². The first-order valence-electron chi connectivity index (χ1n) is 8.38. The Balaban J connectivity index is 1.72. The Morgan fingerprint density at radius 1 is 1.23 bits per heavy atom. The van der Waals surface area contributed by atoms with E-state index in [0.29, 0.717) is 17.2 Å². The molecule has 0 radical (unpaired) electrons. The van der Waals surface area contributed by atoms with Crippen molar-refractivity contribution in [2.75, 3.05) is 0 Å². The Hall–Kier alpha value is -2.86. The van der Waals surface area contributed by atoms with Crippen LogP contribution in [0.5, 0.6) is 0 Å². The maximum atomic E-state index is 12.5. The van der Waals surface area contributed by atoms with Crippen molar-refractivity contribution in [1.82, 2.24) is 24.4 Å². The molecule has 1 N–H and O–H groups in total. The number of fused-ring (bicyclic) bond motifs is 1. The van der Waals surface area contributed by atoms with Crippen molar-refractivity contribution >= 4 is 17.2 Å². The lowest BCUT2D eigenvalue weighted by Crippen LogP contribution is -2.18. The Labute approximate surface area is 155 Å². The first kappa shape index (κ1) is 16.6. The quantitative estimate of drug-likeness (QED) is 0.598. The molecule has 0 amide bonds. The second kappa shape index (κ2) is 6.46. The topological polar surface area (TPSA) is 68.0 Å². The highest BCUT2D eigenvalue weighted by molar-refractivity contribution is 6.30. The van der Waals surface area contributed by atoms with Crippen molar-refractivity contribution in [1.29, 1.82) is 0 Å². The molecule has 3 aromatic heterocycles. The SMILES string of the molecule is Cc1ccnn1CC(C)c1cc(=O)n2[nH]c(-c3cccc(Cl)c3)cc2n1. The summed E-state index contributed by atoms with van der Waals surface area (Å²) in [4.78, 5) is 17.2. The molecule has 26 heavy (non-hydrogen) atoms.